The summed E-state index contributed by atoms with van der Waals surface area (Å²) in [7, 11) is 1.41. The van der Waals surface area contributed by atoms with Crippen molar-refractivity contribution in [2.75, 3.05) is 26.9 Å². The number of nitrogens with one attached hydrogen (secondary N) is 1. The largest absolute Gasteiger partial charge is 0.478 e. The topological polar surface area (TPSA) is 47.6 Å². The lowest BCUT2D eigenvalue weighted by atomic mass is 10.3. The predicted octanol–water partition coefficient (Wildman–Crippen LogP) is 1.11. The minimum Gasteiger partial charge on any atom is -0.478 e. The highest BCUT2D eigenvalue weighted by molar-refractivity contribution is 5.77. The van der Waals surface area contributed by atoms with Crippen LogP contribution >= 0.6 is 0 Å². The van der Waals surface area contributed by atoms with Gasteiger partial charge in [-0.15, -0.1) is 0 Å². The van der Waals surface area contributed by atoms with E-state index in [1.807, 2.05) is 0 Å². The van der Waals surface area contributed by atoms with Gasteiger partial charge in [-0.1, -0.05) is 11.8 Å². The van der Waals surface area contributed by atoms with Crippen LogP contribution in [0.5, 0.6) is 5.75 Å². The third-order valence-corrected chi connectivity index (χ3v) is 1.97. The molecule has 0 unspecified atom stereocenters. The van der Waals surface area contributed by atoms with Crippen molar-refractivity contribution in [3.05, 3.63) is 29.8 Å². The van der Waals surface area contributed by atoms with Gasteiger partial charge in [0.1, 0.15) is 19.0 Å². The lowest BCUT2D eigenvalue weighted by Crippen LogP contribution is -2.27. The molecule has 1 rings (SSSR count). The fourth-order valence-corrected chi connectivity index (χ4v) is 1.14. The number of hydrogen-bond donors (Lipinski definition) is 1. The minimum atomic E-state index is -0.782. The van der Waals surface area contributed by atoms with Crippen LogP contribution < -0.4 is 10.1 Å². The average molecular weight is 269 g/mol. The first-order valence-corrected chi connectivity index (χ1v) is 5.42. The summed E-state index contributed by atoms with van der Waals surface area (Å²) in [6, 6.07) is 3.01. The summed E-state index contributed by atoms with van der Waals surface area (Å²) in [6.45, 7) is 0.0686. The Hall–Kier alpha value is -2.13. The number of ether oxygens (including phenoxy) is 2. The second kappa shape index (κ2) is 8.06. The van der Waals surface area contributed by atoms with Gasteiger partial charge in [0.2, 0.25) is 5.91 Å². The van der Waals surface area contributed by atoms with Crippen LogP contribution in [0.1, 0.15) is 0 Å². The molecule has 0 fully saturated rings. The van der Waals surface area contributed by atoms with Crippen LogP contribution in [0.2, 0.25) is 0 Å². The first-order chi connectivity index (χ1) is 9.13. The first-order valence-electron chi connectivity index (χ1n) is 5.42. The van der Waals surface area contributed by atoms with Crippen LogP contribution in [0, 0.1) is 23.5 Å². The molecular weight excluding hydrogens is 256 g/mol. The Bertz CT molecular complexity index is 494. The summed E-state index contributed by atoms with van der Waals surface area (Å²) in [6.07, 6.45) is 0. The summed E-state index contributed by atoms with van der Waals surface area (Å²) in [5.41, 5.74) is 0. The van der Waals surface area contributed by atoms with Crippen molar-refractivity contribution in [1.82, 2.24) is 5.32 Å². The van der Waals surface area contributed by atoms with E-state index >= 15 is 0 Å². The monoisotopic (exact) mass is 269 g/mol. The van der Waals surface area contributed by atoms with Crippen LogP contribution in [-0.2, 0) is 9.53 Å². The predicted molar refractivity (Wildman–Crippen MR) is 64.5 cm³/mol. The molecule has 0 heterocycles. The number of rotatable bonds is 5. The van der Waals surface area contributed by atoms with Crippen molar-refractivity contribution in [2.45, 2.75) is 0 Å². The molecule has 0 bridgehead atoms. The standard InChI is InChI=1S/C13H13F2NO3/c1-18-9-13(17)16-6-2-3-7-19-12-5-4-10(14)8-11(12)15/h4-5,8H,6-7,9H2,1H3,(H,16,17). The SMILES string of the molecule is COCC(=O)NCC#CCOc1ccc(F)cc1F. The van der Waals surface area contributed by atoms with E-state index in [9.17, 15) is 13.6 Å². The fraction of sp³-hybridized carbons (Fsp3) is 0.308. The molecule has 0 atom stereocenters. The molecule has 6 heteroatoms. The molecule has 0 aromatic heterocycles. The van der Waals surface area contributed by atoms with Crippen molar-refractivity contribution in [1.29, 1.82) is 0 Å². The molecule has 0 saturated heterocycles. The van der Waals surface area contributed by atoms with E-state index in [0.29, 0.717) is 0 Å². The number of carbonyl (C=O) groups excluding carboxylic acids is 1. The Morgan fingerprint density at radius 2 is 2.16 bits per heavy atom. The molecule has 1 aromatic rings. The number of methoxy groups -OCH3 is 1. The zero-order chi connectivity index (χ0) is 14.1. The second-order valence-corrected chi connectivity index (χ2v) is 3.43. The smallest absolute Gasteiger partial charge is 0.246 e. The highest BCUT2D eigenvalue weighted by Crippen LogP contribution is 2.16. The van der Waals surface area contributed by atoms with Crippen molar-refractivity contribution in [3.63, 3.8) is 0 Å². The molecule has 0 saturated carbocycles. The van der Waals surface area contributed by atoms with E-state index in [4.69, 9.17) is 4.74 Å². The third-order valence-electron chi connectivity index (χ3n) is 1.97. The van der Waals surface area contributed by atoms with Crippen molar-refractivity contribution in [3.8, 4) is 17.6 Å². The number of halogens is 2. The summed E-state index contributed by atoms with van der Waals surface area (Å²) in [4.78, 5) is 11.0. The summed E-state index contributed by atoms with van der Waals surface area (Å²) in [5, 5.41) is 2.48. The van der Waals surface area contributed by atoms with Crippen molar-refractivity contribution in [2.24, 2.45) is 0 Å². The lowest BCUT2D eigenvalue weighted by Gasteiger charge is -2.02. The van der Waals surface area contributed by atoms with Crippen LogP contribution in [0.4, 0.5) is 8.78 Å². The quantitative estimate of drug-likeness (QED) is 0.815. The van der Waals surface area contributed by atoms with Gasteiger partial charge in [0.05, 0.1) is 6.54 Å². The van der Waals surface area contributed by atoms with Crippen LogP contribution in [0.15, 0.2) is 18.2 Å². The number of hydrogen-bond acceptors (Lipinski definition) is 3. The Balaban J connectivity index is 2.29. The van der Waals surface area contributed by atoms with Gasteiger partial charge in [0, 0.05) is 13.2 Å². The van der Waals surface area contributed by atoms with Crippen molar-refractivity contribution < 1.29 is 23.0 Å². The molecule has 1 amide bonds. The van der Waals surface area contributed by atoms with Gasteiger partial charge in [0.25, 0.3) is 0 Å². The molecule has 0 aliphatic carbocycles. The molecule has 0 spiro atoms. The van der Waals surface area contributed by atoms with Gasteiger partial charge in [-0.05, 0) is 12.1 Å². The number of amides is 1. The first kappa shape index (κ1) is 14.9. The Morgan fingerprint density at radius 3 is 2.84 bits per heavy atom. The van der Waals surface area contributed by atoms with Gasteiger partial charge in [-0.3, -0.25) is 4.79 Å². The average Bonchev–Trinajstić information content (AvgIpc) is 2.36. The summed E-state index contributed by atoms with van der Waals surface area (Å²) in [5.74, 6) is 3.40. The van der Waals surface area contributed by atoms with Crippen molar-refractivity contribution >= 4 is 5.91 Å². The van der Waals surface area contributed by atoms with Crippen LogP contribution in [0.3, 0.4) is 0 Å². The van der Waals surface area contributed by atoms with Gasteiger partial charge < -0.3 is 14.8 Å². The number of benzene rings is 1. The Morgan fingerprint density at radius 1 is 1.37 bits per heavy atom. The highest BCUT2D eigenvalue weighted by atomic mass is 19.1. The van der Waals surface area contributed by atoms with Crippen LogP contribution in [-0.4, -0.2) is 32.8 Å². The molecule has 1 aromatic carbocycles. The molecule has 102 valence electrons. The van der Waals surface area contributed by atoms with Gasteiger partial charge in [0.15, 0.2) is 11.6 Å². The van der Waals surface area contributed by atoms with E-state index in [0.717, 1.165) is 12.1 Å². The molecule has 0 aliphatic rings. The maximum atomic E-state index is 13.1. The minimum absolute atomic E-state index is 0.0288. The van der Waals surface area contributed by atoms with Gasteiger partial charge in [-0.2, -0.15) is 0 Å². The Labute approximate surface area is 109 Å². The maximum absolute atomic E-state index is 13.1. The van der Waals surface area contributed by atoms with Gasteiger partial charge in [-0.25, -0.2) is 8.78 Å². The molecule has 0 aliphatic heterocycles. The second-order valence-electron chi connectivity index (χ2n) is 3.43. The molecule has 4 nitrogen and oxygen atoms in total. The highest BCUT2D eigenvalue weighted by Gasteiger charge is 2.03. The molecule has 1 N–H and O–H groups in total. The lowest BCUT2D eigenvalue weighted by molar-refractivity contribution is -0.124. The van der Waals surface area contributed by atoms with E-state index in [1.54, 1.807) is 0 Å². The van der Waals surface area contributed by atoms with E-state index in [2.05, 4.69) is 21.9 Å². The van der Waals surface area contributed by atoms with E-state index in [-0.39, 0.29) is 31.4 Å². The maximum Gasteiger partial charge on any atom is 0.246 e. The number of carbonyl (C=O) groups is 1. The Kier molecular flexibility index (Phi) is 6.33. The molecular formula is C13H13F2NO3. The third kappa shape index (κ3) is 5.84. The normalized spacial score (nSPS) is 9.42. The summed E-state index contributed by atoms with van der Waals surface area (Å²) >= 11 is 0. The zero-order valence-electron chi connectivity index (χ0n) is 10.3. The fourth-order valence-electron chi connectivity index (χ4n) is 1.14. The molecule has 0 radical (unpaired) electrons. The summed E-state index contributed by atoms with van der Waals surface area (Å²) < 4.78 is 35.3. The zero-order valence-corrected chi connectivity index (χ0v) is 10.3. The van der Waals surface area contributed by atoms with E-state index in [1.165, 1.54) is 13.2 Å². The van der Waals surface area contributed by atoms with E-state index < -0.39 is 11.6 Å². The van der Waals surface area contributed by atoms with Gasteiger partial charge >= 0.3 is 0 Å². The molecule has 19 heavy (non-hydrogen) atoms. The van der Waals surface area contributed by atoms with Crippen LogP contribution in [0.25, 0.3) is 0 Å².